The molecule has 2 aromatic rings. The lowest BCUT2D eigenvalue weighted by Gasteiger charge is -2.11. The number of carbonyl (C=O) groups excluding carboxylic acids is 1. The first-order valence-electron chi connectivity index (χ1n) is 7.09. The Labute approximate surface area is 125 Å². The number of hydrogen-bond acceptors (Lipinski definition) is 3. The molecule has 1 aromatic heterocycles. The van der Waals surface area contributed by atoms with Crippen molar-refractivity contribution in [3.05, 3.63) is 59.4 Å². The van der Waals surface area contributed by atoms with E-state index >= 15 is 0 Å². The highest BCUT2D eigenvalue weighted by Gasteiger charge is 2.07. The predicted molar refractivity (Wildman–Crippen MR) is 82.6 cm³/mol. The first-order valence-corrected chi connectivity index (χ1v) is 7.09. The lowest BCUT2D eigenvalue weighted by molar-refractivity contribution is 0.0949. The summed E-state index contributed by atoms with van der Waals surface area (Å²) in [5, 5.41) is 2.88. The first-order chi connectivity index (χ1) is 10.2. The SMILES string of the molecule is CCc1ccc(OC)c(CCNC(=O)c2ccccn2)c1. The second-order valence-electron chi connectivity index (χ2n) is 4.72. The van der Waals surface area contributed by atoms with Gasteiger partial charge in [-0.25, -0.2) is 0 Å². The summed E-state index contributed by atoms with van der Waals surface area (Å²) in [6.07, 6.45) is 3.33. The molecule has 1 N–H and O–H groups in total. The topological polar surface area (TPSA) is 51.2 Å². The standard InChI is InChI=1S/C17H20N2O2/c1-3-13-7-8-16(21-2)14(12-13)9-11-19-17(20)15-6-4-5-10-18-15/h4-8,10,12H,3,9,11H2,1-2H3,(H,19,20). The van der Waals surface area contributed by atoms with Crippen LogP contribution in [0.4, 0.5) is 0 Å². The summed E-state index contributed by atoms with van der Waals surface area (Å²) in [6.45, 7) is 2.67. The van der Waals surface area contributed by atoms with E-state index in [2.05, 4.69) is 29.4 Å². The number of aromatic nitrogens is 1. The molecule has 1 aromatic carbocycles. The number of methoxy groups -OCH3 is 1. The van der Waals surface area contributed by atoms with Gasteiger partial charge in [-0.3, -0.25) is 9.78 Å². The summed E-state index contributed by atoms with van der Waals surface area (Å²) >= 11 is 0. The monoisotopic (exact) mass is 284 g/mol. The van der Waals surface area contributed by atoms with Crippen LogP contribution in [0.3, 0.4) is 0 Å². The molecule has 0 aliphatic rings. The van der Waals surface area contributed by atoms with Gasteiger partial charge in [0.25, 0.3) is 5.91 Å². The third kappa shape index (κ3) is 4.05. The largest absolute Gasteiger partial charge is 0.496 e. The number of rotatable bonds is 6. The molecule has 0 spiro atoms. The average Bonchev–Trinajstić information content (AvgIpc) is 2.55. The van der Waals surface area contributed by atoms with Crippen LogP contribution in [0.25, 0.3) is 0 Å². The van der Waals surface area contributed by atoms with Gasteiger partial charge in [0.15, 0.2) is 0 Å². The third-order valence-electron chi connectivity index (χ3n) is 3.33. The van der Waals surface area contributed by atoms with E-state index in [-0.39, 0.29) is 5.91 Å². The van der Waals surface area contributed by atoms with E-state index < -0.39 is 0 Å². The van der Waals surface area contributed by atoms with Crippen molar-refractivity contribution in [3.8, 4) is 5.75 Å². The second-order valence-corrected chi connectivity index (χ2v) is 4.72. The molecular formula is C17H20N2O2. The molecule has 110 valence electrons. The smallest absolute Gasteiger partial charge is 0.269 e. The van der Waals surface area contributed by atoms with Crippen LogP contribution in [0.15, 0.2) is 42.6 Å². The van der Waals surface area contributed by atoms with Gasteiger partial charge in [-0.15, -0.1) is 0 Å². The molecule has 0 radical (unpaired) electrons. The van der Waals surface area contributed by atoms with Crippen LogP contribution >= 0.6 is 0 Å². The number of carbonyl (C=O) groups is 1. The normalized spacial score (nSPS) is 10.2. The molecule has 4 nitrogen and oxygen atoms in total. The van der Waals surface area contributed by atoms with Crippen LogP contribution in [0, 0.1) is 0 Å². The Balaban J connectivity index is 1.95. The Hall–Kier alpha value is -2.36. The number of nitrogens with one attached hydrogen (secondary N) is 1. The summed E-state index contributed by atoms with van der Waals surface area (Å²) < 4.78 is 5.36. The number of ether oxygens (including phenoxy) is 1. The number of benzene rings is 1. The van der Waals surface area contributed by atoms with Crippen molar-refractivity contribution >= 4 is 5.91 Å². The van der Waals surface area contributed by atoms with Gasteiger partial charge in [-0.05, 0) is 42.2 Å². The van der Waals surface area contributed by atoms with Gasteiger partial charge in [0.2, 0.25) is 0 Å². The molecule has 4 heteroatoms. The lowest BCUT2D eigenvalue weighted by atomic mass is 10.1. The van der Waals surface area contributed by atoms with Crippen molar-refractivity contribution in [1.82, 2.24) is 10.3 Å². The van der Waals surface area contributed by atoms with E-state index in [1.165, 1.54) is 5.56 Å². The summed E-state index contributed by atoms with van der Waals surface area (Å²) in [6, 6.07) is 11.5. The van der Waals surface area contributed by atoms with Crippen molar-refractivity contribution in [1.29, 1.82) is 0 Å². The molecule has 0 unspecified atom stereocenters. The van der Waals surface area contributed by atoms with Crippen LogP contribution in [-0.2, 0) is 12.8 Å². The summed E-state index contributed by atoms with van der Waals surface area (Å²) in [5.41, 5.74) is 2.81. The van der Waals surface area contributed by atoms with Gasteiger partial charge < -0.3 is 10.1 Å². The van der Waals surface area contributed by atoms with Gasteiger partial charge >= 0.3 is 0 Å². The molecule has 0 atom stereocenters. The van der Waals surface area contributed by atoms with Crippen molar-refractivity contribution in [2.24, 2.45) is 0 Å². The predicted octanol–water partition coefficient (Wildman–Crippen LogP) is 2.63. The minimum Gasteiger partial charge on any atom is -0.496 e. The lowest BCUT2D eigenvalue weighted by Crippen LogP contribution is -2.26. The zero-order valence-corrected chi connectivity index (χ0v) is 12.4. The molecule has 0 bridgehead atoms. The minimum atomic E-state index is -0.152. The molecular weight excluding hydrogens is 264 g/mol. The van der Waals surface area contributed by atoms with Crippen LogP contribution in [0.1, 0.15) is 28.5 Å². The number of nitrogens with zero attached hydrogens (tertiary/aromatic N) is 1. The molecule has 1 heterocycles. The Morgan fingerprint density at radius 3 is 2.81 bits per heavy atom. The quantitative estimate of drug-likeness (QED) is 0.887. The Kier molecular flexibility index (Phi) is 5.32. The molecule has 0 aliphatic heterocycles. The van der Waals surface area contributed by atoms with Gasteiger partial charge in [0, 0.05) is 12.7 Å². The molecule has 0 fully saturated rings. The fourth-order valence-corrected chi connectivity index (χ4v) is 2.15. The van der Waals surface area contributed by atoms with Crippen LogP contribution in [0.2, 0.25) is 0 Å². The first kappa shape index (κ1) is 15.0. The molecule has 21 heavy (non-hydrogen) atoms. The van der Waals surface area contributed by atoms with E-state index in [1.807, 2.05) is 6.07 Å². The van der Waals surface area contributed by atoms with Gasteiger partial charge in [-0.2, -0.15) is 0 Å². The van der Waals surface area contributed by atoms with E-state index in [4.69, 9.17) is 4.74 Å². The fourth-order valence-electron chi connectivity index (χ4n) is 2.15. The maximum absolute atomic E-state index is 11.9. The third-order valence-corrected chi connectivity index (χ3v) is 3.33. The second kappa shape index (κ2) is 7.43. The Morgan fingerprint density at radius 2 is 2.14 bits per heavy atom. The van der Waals surface area contributed by atoms with E-state index in [0.29, 0.717) is 12.2 Å². The summed E-state index contributed by atoms with van der Waals surface area (Å²) in [5.74, 6) is 0.709. The number of hydrogen-bond donors (Lipinski definition) is 1. The van der Waals surface area contributed by atoms with Crippen molar-refractivity contribution < 1.29 is 9.53 Å². The molecule has 0 aliphatic carbocycles. The minimum absolute atomic E-state index is 0.152. The molecule has 0 saturated heterocycles. The maximum atomic E-state index is 11.9. The molecule has 0 saturated carbocycles. The number of amides is 1. The van der Waals surface area contributed by atoms with Crippen LogP contribution in [-0.4, -0.2) is 24.5 Å². The average molecular weight is 284 g/mol. The van der Waals surface area contributed by atoms with Crippen LogP contribution in [0.5, 0.6) is 5.75 Å². The van der Waals surface area contributed by atoms with Gasteiger partial charge in [0.05, 0.1) is 7.11 Å². The maximum Gasteiger partial charge on any atom is 0.269 e. The Bertz CT molecular complexity index is 597. The molecule has 1 amide bonds. The van der Waals surface area contributed by atoms with Gasteiger partial charge in [-0.1, -0.05) is 25.1 Å². The fraction of sp³-hybridized carbons (Fsp3) is 0.294. The van der Waals surface area contributed by atoms with E-state index in [9.17, 15) is 4.79 Å². The number of aryl methyl sites for hydroxylation is 1. The van der Waals surface area contributed by atoms with Crippen molar-refractivity contribution in [3.63, 3.8) is 0 Å². The number of pyridine rings is 1. The van der Waals surface area contributed by atoms with Gasteiger partial charge in [0.1, 0.15) is 11.4 Å². The zero-order chi connectivity index (χ0) is 15.1. The van der Waals surface area contributed by atoms with Crippen molar-refractivity contribution in [2.45, 2.75) is 19.8 Å². The summed E-state index contributed by atoms with van der Waals surface area (Å²) in [7, 11) is 1.66. The Morgan fingerprint density at radius 1 is 1.29 bits per heavy atom. The highest BCUT2D eigenvalue weighted by Crippen LogP contribution is 2.20. The van der Waals surface area contributed by atoms with Crippen molar-refractivity contribution in [2.75, 3.05) is 13.7 Å². The summed E-state index contributed by atoms with van der Waals surface area (Å²) in [4.78, 5) is 15.9. The highest BCUT2D eigenvalue weighted by molar-refractivity contribution is 5.92. The van der Waals surface area contributed by atoms with E-state index in [0.717, 1.165) is 24.2 Å². The van der Waals surface area contributed by atoms with E-state index in [1.54, 1.807) is 31.5 Å². The van der Waals surface area contributed by atoms with Crippen LogP contribution < -0.4 is 10.1 Å². The molecule has 2 rings (SSSR count). The zero-order valence-electron chi connectivity index (χ0n) is 12.4. The highest BCUT2D eigenvalue weighted by atomic mass is 16.5.